The van der Waals surface area contributed by atoms with Crippen molar-refractivity contribution in [2.75, 3.05) is 0 Å². The summed E-state index contributed by atoms with van der Waals surface area (Å²) in [7, 11) is 5.36. The van der Waals surface area contributed by atoms with Crippen LogP contribution < -0.4 is 5.73 Å². The Morgan fingerprint density at radius 2 is 2.06 bits per heavy atom. The molecule has 1 atom stereocenters. The maximum atomic E-state index is 11.4. The molecule has 0 saturated carbocycles. The molecule has 16 heavy (non-hydrogen) atoms. The van der Waals surface area contributed by atoms with E-state index >= 15 is 0 Å². The first-order valence-corrected chi connectivity index (χ1v) is 4.89. The number of allylic oxidation sites excluding steroid dienone is 1. The normalized spacial score (nSPS) is 11.4. The summed E-state index contributed by atoms with van der Waals surface area (Å²) in [6.07, 6.45) is 1.03. The fraction of sp³-hybridized carbons (Fsp3) is 0.455. The summed E-state index contributed by atoms with van der Waals surface area (Å²) < 4.78 is 0. The van der Waals surface area contributed by atoms with Crippen LogP contribution in [0.25, 0.3) is 0 Å². The molecule has 0 aliphatic rings. The lowest BCUT2D eigenvalue weighted by molar-refractivity contribution is -0.120. The third kappa shape index (κ3) is 4.87. The van der Waals surface area contributed by atoms with Crippen molar-refractivity contribution < 1.29 is 14.4 Å². The molecule has 84 valence electrons. The van der Waals surface area contributed by atoms with Crippen molar-refractivity contribution in [1.82, 2.24) is 0 Å². The summed E-state index contributed by atoms with van der Waals surface area (Å²) in [5.74, 6) is 0.291. The summed E-state index contributed by atoms with van der Waals surface area (Å²) in [5, 5.41) is 0. The van der Waals surface area contributed by atoms with Gasteiger partial charge in [0, 0.05) is 19.4 Å². The fourth-order valence-electron chi connectivity index (χ4n) is 1.12. The van der Waals surface area contributed by atoms with Crippen molar-refractivity contribution in [2.45, 2.75) is 32.2 Å². The van der Waals surface area contributed by atoms with Gasteiger partial charge in [0.05, 0.1) is 0 Å². The quantitative estimate of drug-likeness (QED) is 0.216. The average molecular weight is 219 g/mol. The predicted octanol–water partition coefficient (Wildman–Crippen LogP) is 0.0823. The number of ketones is 2. The van der Waals surface area contributed by atoms with Crippen LogP contribution in [-0.4, -0.2) is 31.4 Å². The molecule has 0 rings (SSSR count). The zero-order valence-corrected chi connectivity index (χ0v) is 9.29. The largest absolute Gasteiger partial charge is 0.325 e. The van der Waals surface area contributed by atoms with Crippen molar-refractivity contribution in [3.63, 3.8) is 0 Å². The molecular formula is C11H14BNO3. The predicted molar refractivity (Wildman–Crippen MR) is 61.6 cm³/mol. The summed E-state index contributed by atoms with van der Waals surface area (Å²) >= 11 is 0. The van der Waals surface area contributed by atoms with Crippen LogP contribution in [0.1, 0.15) is 26.2 Å². The number of Topliss-reactive ketones (excluding diaryl/α,β-unsaturated/α-hetero) is 2. The Labute approximate surface area is 96.0 Å². The van der Waals surface area contributed by atoms with Gasteiger partial charge in [0.1, 0.15) is 19.4 Å². The minimum Gasteiger partial charge on any atom is -0.325 e. The van der Waals surface area contributed by atoms with Gasteiger partial charge in [0.2, 0.25) is 0 Å². The summed E-state index contributed by atoms with van der Waals surface area (Å²) in [5.41, 5.74) is 5.52. The molecule has 5 heteroatoms. The summed E-state index contributed by atoms with van der Waals surface area (Å²) in [6, 6.07) is -0.367. The first-order chi connectivity index (χ1) is 7.40. The van der Waals surface area contributed by atoms with Gasteiger partial charge in [-0.05, 0) is 12.8 Å². The zero-order valence-electron chi connectivity index (χ0n) is 9.29. The highest BCUT2D eigenvalue weighted by Gasteiger charge is 2.15. The first kappa shape index (κ1) is 14.6. The van der Waals surface area contributed by atoms with Gasteiger partial charge < -0.3 is 5.73 Å². The molecule has 0 amide bonds. The lowest BCUT2D eigenvalue weighted by atomic mass is 9.87. The van der Waals surface area contributed by atoms with Crippen LogP contribution >= 0.6 is 0 Å². The molecule has 0 bridgehead atoms. The topological polar surface area (TPSA) is 77.2 Å². The maximum absolute atomic E-state index is 11.4. The number of carbonyl (C=O) groups is 2. The molecule has 0 aromatic rings. The van der Waals surface area contributed by atoms with Gasteiger partial charge in [0.15, 0.2) is 11.6 Å². The van der Waals surface area contributed by atoms with Gasteiger partial charge in [-0.25, -0.2) is 4.79 Å². The SMILES string of the molecule is [B]C(=C)C(N)CCCC(=O)C(=C=O)C(C)=O. The van der Waals surface area contributed by atoms with Crippen LogP contribution in [0.4, 0.5) is 0 Å². The molecule has 0 aliphatic carbocycles. The highest BCUT2D eigenvalue weighted by molar-refractivity contribution is 6.24. The average Bonchev–Trinajstić information content (AvgIpc) is 2.17. The van der Waals surface area contributed by atoms with Crippen molar-refractivity contribution in [2.24, 2.45) is 5.73 Å². The van der Waals surface area contributed by atoms with Crippen LogP contribution in [0.3, 0.4) is 0 Å². The maximum Gasteiger partial charge on any atom is 0.177 e. The fourth-order valence-corrected chi connectivity index (χ4v) is 1.12. The van der Waals surface area contributed by atoms with Gasteiger partial charge in [-0.15, -0.1) is 12.1 Å². The van der Waals surface area contributed by atoms with Gasteiger partial charge in [-0.2, -0.15) is 0 Å². The Kier molecular flexibility index (Phi) is 6.31. The third-order valence-electron chi connectivity index (χ3n) is 2.13. The molecule has 0 heterocycles. The lowest BCUT2D eigenvalue weighted by Crippen LogP contribution is -2.22. The number of rotatable bonds is 7. The number of nitrogens with two attached hydrogens (primary N) is 1. The van der Waals surface area contributed by atoms with Crippen molar-refractivity contribution in [3.05, 3.63) is 17.6 Å². The summed E-state index contributed by atoms with van der Waals surface area (Å²) in [4.78, 5) is 32.5. The summed E-state index contributed by atoms with van der Waals surface area (Å²) in [6.45, 7) is 4.64. The van der Waals surface area contributed by atoms with E-state index in [2.05, 4.69) is 6.58 Å². The number of carbonyl (C=O) groups excluding carboxylic acids is 3. The highest BCUT2D eigenvalue weighted by atomic mass is 16.2. The van der Waals surface area contributed by atoms with Crippen molar-refractivity contribution in [3.8, 4) is 0 Å². The van der Waals surface area contributed by atoms with Crippen LogP contribution in [0, 0.1) is 0 Å². The van der Waals surface area contributed by atoms with Crippen molar-refractivity contribution in [1.29, 1.82) is 0 Å². The minimum absolute atomic E-state index is 0.0884. The number of hydrogen-bond acceptors (Lipinski definition) is 4. The van der Waals surface area contributed by atoms with Crippen LogP contribution in [0.5, 0.6) is 0 Å². The molecule has 0 spiro atoms. The second-order valence-corrected chi connectivity index (χ2v) is 3.53. The molecule has 0 fully saturated rings. The van der Waals surface area contributed by atoms with Crippen molar-refractivity contribution >= 4 is 25.4 Å². The smallest absolute Gasteiger partial charge is 0.177 e. The van der Waals surface area contributed by atoms with E-state index in [1.165, 1.54) is 5.94 Å². The molecule has 2 radical (unpaired) electrons. The molecule has 0 saturated heterocycles. The first-order valence-electron chi connectivity index (χ1n) is 4.89. The van der Waals surface area contributed by atoms with Crippen LogP contribution in [-0.2, 0) is 14.4 Å². The Balaban J connectivity index is 4.14. The van der Waals surface area contributed by atoms with E-state index in [0.29, 0.717) is 18.3 Å². The van der Waals surface area contributed by atoms with E-state index in [4.69, 9.17) is 13.6 Å². The molecular weight excluding hydrogens is 205 g/mol. The van der Waals surface area contributed by atoms with Gasteiger partial charge in [-0.1, -0.05) is 0 Å². The second kappa shape index (κ2) is 6.93. The molecule has 1 unspecified atom stereocenters. The Bertz CT molecular complexity index is 356. The molecule has 2 N–H and O–H groups in total. The van der Waals surface area contributed by atoms with Crippen LogP contribution in [0.2, 0.25) is 0 Å². The Morgan fingerprint density at radius 1 is 1.50 bits per heavy atom. The molecule has 0 aromatic heterocycles. The molecule has 4 nitrogen and oxygen atoms in total. The van der Waals surface area contributed by atoms with Gasteiger partial charge >= 0.3 is 0 Å². The van der Waals surface area contributed by atoms with E-state index in [0.717, 1.165) is 6.92 Å². The van der Waals surface area contributed by atoms with E-state index in [-0.39, 0.29) is 12.5 Å². The van der Waals surface area contributed by atoms with E-state index in [1.54, 1.807) is 0 Å². The monoisotopic (exact) mass is 219 g/mol. The van der Waals surface area contributed by atoms with Gasteiger partial charge in [0.25, 0.3) is 0 Å². The van der Waals surface area contributed by atoms with E-state index < -0.39 is 17.1 Å². The van der Waals surface area contributed by atoms with Crippen LogP contribution in [0.15, 0.2) is 17.6 Å². The standard InChI is InChI=1S/C11H14BNO3/c1-7(12)10(13)4-3-5-11(16)9(6-14)8(2)15/h10H,1,3-5,13H2,2H3. The third-order valence-corrected chi connectivity index (χ3v) is 2.13. The minimum atomic E-state index is -0.562. The van der Waals surface area contributed by atoms with E-state index in [1.807, 2.05) is 0 Å². The van der Waals surface area contributed by atoms with Gasteiger partial charge in [-0.3, -0.25) is 9.59 Å². The second-order valence-electron chi connectivity index (χ2n) is 3.53. The molecule has 0 aliphatic heterocycles. The lowest BCUT2D eigenvalue weighted by Gasteiger charge is -2.10. The number of hydrogen-bond donors (Lipinski definition) is 1. The highest BCUT2D eigenvalue weighted by Crippen LogP contribution is 2.07. The Hall–Kier alpha value is -1.45. The molecule has 0 aromatic carbocycles. The van der Waals surface area contributed by atoms with E-state index in [9.17, 15) is 14.4 Å². The Morgan fingerprint density at radius 3 is 2.44 bits per heavy atom. The zero-order chi connectivity index (χ0) is 12.7.